The average Bonchev–Trinajstić information content (AvgIpc) is 3.59. The Morgan fingerprint density at radius 2 is 1.87 bits per heavy atom. The van der Waals surface area contributed by atoms with Crippen LogP contribution < -0.4 is 4.74 Å². The van der Waals surface area contributed by atoms with Gasteiger partial charge < -0.3 is 14.2 Å². The molecule has 1 fully saturated rings. The van der Waals surface area contributed by atoms with E-state index in [-0.39, 0.29) is 17.9 Å². The highest BCUT2D eigenvalue weighted by molar-refractivity contribution is 5.81. The fraction of sp³-hybridized carbons (Fsp3) is 0.267. The second-order valence-electron chi connectivity index (χ2n) is 9.86. The number of carbonyl (C=O) groups excluding carboxylic acids is 1. The van der Waals surface area contributed by atoms with Gasteiger partial charge in [-0.1, -0.05) is 65.9 Å². The van der Waals surface area contributed by atoms with E-state index in [9.17, 15) is 4.79 Å². The predicted molar refractivity (Wildman–Crippen MR) is 145 cm³/mol. The van der Waals surface area contributed by atoms with Gasteiger partial charge in [0.15, 0.2) is 0 Å². The van der Waals surface area contributed by atoms with E-state index < -0.39 is 6.04 Å². The second kappa shape index (κ2) is 10.1. The third-order valence-electron chi connectivity index (χ3n) is 7.41. The lowest BCUT2D eigenvalue weighted by molar-refractivity contribution is -0.136. The standard InChI is InChI=1S/C30H30N6O2/c1-21-17-34(20-31-21)27-14-13-24(16-29(27)38-2)25-19-36(33-32-25)28-15-12-23-10-6-7-11-26(23)35(30(28)37)18-22-8-4-3-5-9-22/h3-11,13-14,16-17,19-20,23,26,28H,12,15,18H2,1-2H3. The number of aromatic nitrogens is 5. The summed E-state index contributed by atoms with van der Waals surface area (Å²) in [7, 11) is 1.65. The van der Waals surface area contributed by atoms with Crippen LogP contribution in [0.15, 0.2) is 91.6 Å². The molecule has 0 N–H and O–H groups in total. The maximum absolute atomic E-state index is 14.0. The Morgan fingerprint density at radius 1 is 1.03 bits per heavy atom. The topological polar surface area (TPSA) is 78.1 Å². The quantitative estimate of drug-likeness (QED) is 0.371. The Hall–Kier alpha value is -4.46. The minimum Gasteiger partial charge on any atom is -0.495 e. The van der Waals surface area contributed by atoms with E-state index in [1.54, 1.807) is 18.1 Å². The van der Waals surface area contributed by atoms with Crippen LogP contribution in [-0.4, -0.2) is 48.5 Å². The van der Waals surface area contributed by atoms with Crippen molar-refractivity contribution >= 4 is 5.91 Å². The summed E-state index contributed by atoms with van der Waals surface area (Å²) in [6.07, 6.45) is 15.7. The molecular weight excluding hydrogens is 476 g/mol. The van der Waals surface area contributed by atoms with E-state index in [0.717, 1.165) is 28.9 Å². The lowest BCUT2D eigenvalue weighted by atomic mass is 9.90. The summed E-state index contributed by atoms with van der Waals surface area (Å²) in [5, 5.41) is 8.88. The summed E-state index contributed by atoms with van der Waals surface area (Å²) >= 11 is 0. The molecule has 1 aliphatic carbocycles. The zero-order valence-corrected chi connectivity index (χ0v) is 21.5. The van der Waals surface area contributed by atoms with Crippen LogP contribution in [0.5, 0.6) is 5.75 Å². The van der Waals surface area contributed by atoms with Gasteiger partial charge in [0, 0.05) is 24.2 Å². The van der Waals surface area contributed by atoms with Crippen LogP contribution in [0.1, 0.15) is 30.1 Å². The van der Waals surface area contributed by atoms with Crippen LogP contribution in [-0.2, 0) is 11.3 Å². The van der Waals surface area contributed by atoms with E-state index in [1.807, 2.05) is 71.3 Å². The first-order chi connectivity index (χ1) is 18.6. The molecule has 2 aromatic heterocycles. The molecule has 1 aliphatic heterocycles. The third-order valence-corrected chi connectivity index (χ3v) is 7.41. The number of imidazole rings is 1. The normalized spacial score (nSPS) is 20.8. The number of amides is 1. The first kappa shape index (κ1) is 23.9. The van der Waals surface area contributed by atoms with Crippen LogP contribution in [0.25, 0.3) is 16.9 Å². The lowest BCUT2D eigenvalue weighted by Crippen LogP contribution is -2.43. The number of methoxy groups -OCH3 is 1. The van der Waals surface area contributed by atoms with Gasteiger partial charge in [0.1, 0.15) is 17.5 Å². The minimum absolute atomic E-state index is 0.0318. The summed E-state index contributed by atoms with van der Waals surface area (Å²) in [5.41, 5.74) is 4.50. The Balaban J connectivity index is 1.30. The molecule has 3 atom stereocenters. The maximum Gasteiger partial charge on any atom is 0.248 e. The van der Waals surface area contributed by atoms with Gasteiger partial charge in [-0.15, -0.1) is 5.10 Å². The van der Waals surface area contributed by atoms with Crippen LogP contribution in [0.3, 0.4) is 0 Å². The molecule has 1 saturated heterocycles. The molecule has 0 spiro atoms. The van der Waals surface area contributed by atoms with Gasteiger partial charge in [-0.05, 0) is 37.5 Å². The fourth-order valence-corrected chi connectivity index (χ4v) is 5.43. The number of allylic oxidation sites excluding steroid dienone is 2. The van der Waals surface area contributed by atoms with Gasteiger partial charge in [0.05, 0.1) is 37.1 Å². The van der Waals surface area contributed by atoms with Gasteiger partial charge >= 0.3 is 0 Å². The molecular formula is C30H30N6O2. The minimum atomic E-state index is -0.414. The number of nitrogens with zero attached hydrogens (tertiary/aromatic N) is 6. The molecule has 0 bridgehead atoms. The molecule has 2 aromatic carbocycles. The van der Waals surface area contributed by atoms with Crippen molar-refractivity contribution in [3.63, 3.8) is 0 Å². The number of likely N-dealkylation sites (tertiary alicyclic amines) is 1. The summed E-state index contributed by atoms with van der Waals surface area (Å²) in [4.78, 5) is 20.3. The zero-order valence-electron chi connectivity index (χ0n) is 21.5. The third kappa shape index (κ3) is 4.53. The lowest BCUT2D eigenvalue weighted by Gasteiger charge is -2.34. The monoisotopic (exact) mass is 506 g/mol. The van der Waals surface area contributed by atoms with Crippen LogP contribution in [0, 0.1) is 12.8 Å². The Labute approximate surface area is 221 Å². The molecule has 0 radical (unpaired) electrons. The molecule has 4 aromatic rings. The predicted octanol–water partition coefficient (Wildman–Crippen LogP) is 4.92. The molecule has 38 heavy (non-hydrogen) atoms. The molecule has 3 heterocycles. The molecule has 192 valence electrons. The van der Waals surface area contributed by atoms with Gasteiger partial charge in [-0.25, -0.2) is 9.67 Å². The molecule has 2 aliphatic rings. The zero-order chi connectivity index (χ0) is 26.1. The summed E-state index contributed by atoms with van der Waals surface area (Å²) in [6, 6.07) is 15.7. The first-order valence-corrected chi connectivity index (χ1v) is 12.9. The number of ether oxygens (including phenoxy) is 1. The number of aryl methyl sites for hydroxylation is 1. The molecule has 3 unspecified atom stereocenters. The Morgan fingerprint density at radius 3 is 2.66 bits per heavy atom. The molecule has 6 rings (SSSR count). The molecule has 8 heteroatoms. The number of fused-ring (bicyclic) bond motifs is 1. The first-order valence-electron chi connectivity index (χ1n) is 12.9. The van der Waals surface area contributed by atoms with E-state index in [4.69, 9.17) is 4.74 Å². The van der Waals surface area contributed by atoms with Crippen LogP contribution >= 0.6 is 0 Å². The highest BCUT2D eigenvalue weighted by atomic mass is 16.5. The number of carbonyl (C=O) groups is 1. The van der Waals surface area contributed by atoms with Crippen molar-refractivity contribution in [3.8, 4) is 22.7 Å². The van der Waals surface area contributed by atoms with Gasteiger partial charge in [0.2, 0.25) is 5.91 Å². The smallest absolute Gasteiger partial charge is 0.248 e. The maximum atomic E-state index is 14.0. The number of benzene rings is 2. The fourth-order valence-electron chi connectivity index (χ4n) is 5.43. The highest BCUT2D eigenvalue weighted by Gasteiger charge is 2.38. The van der Waals surface area contributed by atoms with Gasteiger partial charge in [0.25, 0.3) is 0 Å². The Kier molecular flexibility index (Phi) is 6.37. The number of hydrogen-bond donors (Lipinski definition) is 0. The van der Waals surface area contributed by atoms with E-state index in [1.165, 1.54) is 0 Å². The molecule has 1 amide bonds. The van der Waals surface area contributed by atoms with E-state index in [2.05, 4.69) is 45.7 Å². The average molecular weight is 507 g/mol. The summed E-state index contributed by atoms with van der Waals surface area (Å²) in [5.74, 6) is 1.06. The number of rotatable bonds is 6. The van der Waals surface area contributed by atoms with Gasteiger partial charge in [-0.2, -0.15) is 0 Å². The van der Waals surface area contributed by atoms with Crippen molar-refractivity contribution in [2.24, 2.45) is 5.92 Å². The molecule has 0 saturated carbocycles. The van der Waals surface area contributed by atoms with Crippen molar-refractivity contribution in [2.45, 2.75) is 38.4 Å². The van der Waals surface area contributed by atoms with Crippen molar-refractivity contribution in [3.05, 3.63) is 103 Å². The van der Waals surface area contributed by atoms with E-state index in [0.29, 0.717) is 24.4 Å². The van der Waals surface area contributed by atoms with Gasteiger partial charge in [-0.3, -0.25) is 4.79 Å². The second-order valence-corrected chi connectivity index (χ2v) is 9.86. The highest BCUT2D eigenvalue weighted by Crippen LogP contribution is 2.35. The van der Waals surface area contributed by atoms with Crippen molar-refractivity contribution < 1.29 is 9.53 Å². The van der Waals surface area contributed by atoms with Crippen molar-refractivity contribution in [2.75, 3.05) is 7.11 Å². The largest absolute Gasteiger partial charge is 0.495 e. The van der Waals surface area contributed by atoms with Crippen LogP contribution in [0.2, 0.25) is 0 Å². The van der Waals surface area contributed by atoms with Crippen molar-refractivity contribution in [1.82, 2.24) is 29.4 Å². The summed E-state index contributed by atoms with van der Waals surface area (Å²) in [6.45, 7) is 2.51. The van der Waals surface area contributed by atoms with Crippen molar-refractivity contribution in [1.29, 1.82) is 0 Å². The van der Waals surface area contributed by atoms with E-state index >= 15 is 0 Å². The number of hydrogen-bond acceptors (Lipinski definition) is 5. The Bertz CT molecular complexity index is 1500. The summed E-state index contributed by atoms with van der Waals surface area (Å²) < 4.78 is 9.34. The SMILES string of the molecule is COc1cc(-c2cn(C3CCC4C=CC=CC4N(Cc4ccccc4)C3=O)nn2)ccc1-n1cnc(C)c1. The molecule has 8 nitrogen and oxygen atoms in total. The van der Waals surface area contributed by atoms with Crippen LogP contribution in [0.4, 0.5) is 0 Å².